The highest BCUT2D eigenvalue weighted by atomic mass is 14.5. The Labute approximate surface area is 32.9 Å². The van der Waals surface area contributed by atoms with Crippen molar-refractivity contribution in [3.05, 3.63) is 5.73 Å². The van der Waals surface area contributed by atoms with Crippen LogP contribution in [-0.2, 0) is 0 Å². The zero-order valence-electron chi connectivity index (χ0n) is 3.91. The SMILES string of the molecule is CCC[NH-].[NH4+]. The quantitative estimate of drug-likeness (QED) is 0.495. The van der Waals surface area contributed by atoms with Gasteiger partial charge in [0.15, 0.2) is 0 Å². The summed E-state index contributed by atoms with van der Waals surface area (Å²) in [5.74, 6) is 0. The molecule has 0 radical (unpaired) electrons. The van der Waals surface area contributed by atoms with Gasteiger partial charge in [-0.05, 0) is 0 Å². The van der Waals surface area contributed by atoms with Crippen LogP contribution in [0.1, 0.15) is 13.3 Å². The summed E-state index contributed by atoms with van der Waals surface area (Å²) in [5, 5.41) is 0. The van der Waals surface area contributed by atoms with E-state index in [9.17, 15) is 0 Å². The van der Waals surface area contributed by atoms with Gasteiger partial charge in [0.1, 0.15) is 0 Å². The molecular weight excluding hydrogens is 64.0 g/mol. The van der Waals surface area contributed by atoms with E-state index in [1.807, 2.05) is 6.92 Å². The number of hydrogen-bond acceptors (Lipinski definition) is 0. The summed E-state index contributed by atoms with van der Waals surface area (Å²) in [7, 11) is 0. The second-order valence-corrected chi connectivity index (χ2v) is 0.750. The molecule has 0 amide bonds. The third kappa shape index (κ3) is 17.1. The topological polar surface area (TPSA) is 60.3 Å². The predicted molar refractivity (Wildman–Crippen MR) is 25.5 cm³/mol. The average molecular weight is 76.1 g/mol. The number of quaternary nitrogens is 1. The highest BCUT2D eigenvalue weighted by molar-refractivity contribution is 4.42. The van der Waals surface area contributed by atoms with Gasteiger partial charge in [0.2, 0.25) is 0 Å². The third-order valence-corrected chi connectivity index (χ3v) is 0.250. The predicted octanol–water partition coefficient (Wildman–Crippen LogP) is 1.82. The minimum absolute atomic E-state index is 0. The first kappa shape index (κ1) is 8.87. The van der Waals surface area contributed by atoms with Crippen molar-refractivity contribution in [1.82, 2.24) is 6.15 Å². The molecule has 5 N–H and O–H groups in total. The van der Waals surface area contributed by atoms with Crippen LogP contribution in [0.15, 0.2) is 0 Å². The lowest BCUT2D eigenvalue weighted by atomic mass is 10.5. The van der Waals surface area contributed by atoms with Crippen molar-refractivity contribution in [2.75, 3.05) is 6.54 Å². The van der Waals surface area contributed by atoms with Crippen LogP contribution in [0.5, 0.6) is 0 Å². The van der Waals surface area contributed by atoms with E-state index in [1.54, 1.807) is 0 Å². The normalized spacial score (nSPS) is 6.00. The fraction of sp³-hybridized carbons (Fsp3) is 1.00. The Balaban J connectivity index is 0. The molecule has 0 spiro atoms. The average Bonchev–Trinajstić information content (AvgIpc) is 1.37. The van der Waals surface area contributed by atoms with Gasteiger partial charge >= 0.3 is 0 Å². The fourth-order valence-corrected chi connectivity index (χ4v) is 0. The van der Waals surface area contributed by atoms with E-state index in [0.717, 1.165) is 6.42 Å². The first-order chi connectivity index (χ1) is 1.91. The Hall–Kier alpha value is -0.0800. The van der Waals surface area contributed by atoms with Crippen LogP contribution < -0.4 is 6.15 Å². The summed E-state index contributed by atoms with van der Waals surface area (Å²) in [5.41, 5.74) is 6.45. The maximum atomic E-state index is 6.45. The van der Waals surface area contributed by atoms with Gasteiger partial charge in [-0.15, -0.1) is 0 Å². The molecular formula is C3H12N2. The van der Waals surface area contributed by atoms with Crippen molar-refractivity contribution in [3.8, 4) is 0 Å². The fourth-order valence-electron chi connectivity index (χ4n) is 0. The van der Waals surface area contributed by atoms with Gasteiger partial charge in [0.05, 0.1) is 0 Å². The highest BCUT2D eigenvalue weighted by Gasteiger charge is 1.46. The van der Waals surface area contributed by atoms with E-state index in [-0.39, 0.29) is 6.15 Å². The maximum Gasteiger partial charge on any atom is -0.0670 e. The molecule has 5 heavy (non-hydrogen) atoms. The summed E-state index contributed by atoms with van der Waals surface area (Å²) in [4.78, 5) is 0. The second-order valence-electron chi connectivity index (χ2n) is 0.750. The molecule has 0 aliphatic carbocycles. The van der Waals surface area contributed by atoms with Crippen molar-refractivity contribution in [2.45, 2.75) is 13.3 Å². The lowest BCUT2D eigenvalue weighted by Gasteiger charge is -1.84. The molecule has 0 saturated heterocycles. The summed E-state index contributed by atoms with van der Waals surface area (Å²) in [6.45, 7) is 2.56. The minimum Gasteiger partial charge on any atom is -0.677 e. The zero-order chi connectivity index (χ0) is 3.41. The molecule has 0 unspecified atom stereocenters. The van der Waals surface area contributed by atoms with E-state index < -0.39 is 0 Å². The van der Waals surface area contributed by atoms with Crippen molar-refractivity contribution in [2.24, 2.45) is 0 Å². The highest BCUT2D eigenvalue weighted by Crippen LogP contribution is 1.67. The van der Waals surface area contributed by atoms with Gasteiger partial charge < -0.3 is 11.9 Å². The Morgan fingerprint density at radius 1 is 1.60 bits per heavy atom. The first-order valence-corrected chi connectivity index (χ1v) is 1.56. The van der Waals surface area contributed by atoms with Crippen LogP contribution in [0.2, 0.25) is 0 Å². The van der Waals surface area contributed by atoms with Gasteiger partial charge in [-0.1, -0.05) is 13.3 Å². The Morgan fingerprint density at radius 2 is 1.80 bits per heavy atom. The molecule has 0 aliphatic rings. The van der Waals surface area contributed by atoms with Crippen LogP contribution in [0.4, 0.5) is 0 Å². The summed E-state index contributed by atoms with van der Waals surface area (Å²) in [6.07, 6.45) is 0.986. The zero-order valence-corrected chi connectivity index (χ0v) is 3.91. The molecule has 0 aromatic carbocycles. The van der Waals surface area contributed by atoms with E-state index in [4.69, 9.17) is 5.73 Å². The molecule has 2 nitrogen and oxygen atoms in total. The minimum atomic E-state index is 0. The number of hydrogen-bond donors (Lipinski definition) is 1. The number of nitrogens with one attached hydrogen (secondary N) is 1. The Bertz CT molecular complexity index is 6.85. The lowest BCUT2D eigenvalue weighted by Crippen LogP contribution is -1.59. The molecule has 0 fully saturated rings. The Kier molecular flexibility index (Phi) is 16.1. The molecule has 2 heteroatoms. The van der Waals surface area contributed by atoms with Crippen LogP contribution in [0.3, 0.4) is 0 Å². The molecule has 0 atom stereocenters. The smallest absolute Gasteiger partial charge is 0.0670 e. The molecule has 0 rings (SSSR count). The standard InChI is InChI=1S/C3H8N.H3N/c1-2-3-4;/h4H,2-3H2,1H3;1H3/q-1;/p+1. The monoisotopic (exact) mass is 76.1 g/mol. The molecule has 0 aromatic rings. The van der Waals surface area contributed by atoms with Crippen LogP contribution in [0, 0.1) is 0 Å². The molecule has 0 aromatic heterocycles. The largest absolute Gasteiger partial charge is 0.677 e. The van der Waals surface area contributed by atoms with Crippen molar-refractivity contribution >= 4 is 0 Å². The maximum absolute atomic E-state index is 6.45. The molecule has 0 aliphatic heterocycles. The van der Waals surface area contributed by atoms with E-state index in [1.165, 1.54) is 0 Å². The van der Waals surface area contributed by atoms with Gasteiger partial charge in [-0.25, -0.2) is 0 Å². The lowest BCUT2D eigenvalue weighted by molar-refractivity contribution is 1.04. The first-order valence-electron chi connectivity index (χ1n) is 1.56. The molecule has 0 heterocycles. The summed E-state index contributed by atoms with van der Waals surface area (Å²) < 4.78 is 0. The second kappa shape index (κ2) is 9.07. The third-order valence-electron chi connectivity index (χ3n) is 0.250. The van der Waals surface area contributed by atoms with Crippen LogP contribution >= 0.6 is 0 Å². The van der Waals surface area contributed by atoms with Gasteiger partial charge in [0, 0.05) is 0 Å². The summed E-state index contributed by atoms with van der Waals surface area (Å²) in [6, 6.07) is 0. The van der Waals surface area contributed by atoms with Gasteiger partial charge in [-0.2, -0.15) is 6.54 Å². The van der Waals surface area contributed by atoms with Crippen molar-refractivity contribution in [3.63, 3.8) is 0 Å². The van der Waals surface area contributed by atoms with Crippen molar-refractivity contribution in [1.29, 1.82) is 0 Å². The molecule has 0 saturated carbocycles. The van der Waals surface area contributed by atoms with E-state index in [2.05, 4.69) is 0 Å². The summed E-state index contributed by atoms with van der Waals surface area (Å²) >= 11 is 0. The Morgan fingerprint density at radius 3 is 1.80 bits per heavy atom. The number of rotatable bonds is 1. The van der Waals surface area contributed by atoms with Gasteiger partial charge in [0.25, 0.3) is 0 Å². The van der Waals surface area contributed by atoms with Crippen molar-refractivity contribution < 1.29 is 0 Å². The molecule has 0 bridgehead atoms. The van der Waals surface area contributed by atoms with Gasteiger partial charge in [-0.3, -0.25) is 0 Å². The molecule has 34 valence electrons. The van der Waals surface area contributed by atoms with Crippen LogP contribution in [-0.4, -0.2) is 6.54 Å². The van der Waals surface area contributed by atoms with E-state index >= 15 is 0 Å². The van der Waals surface area contributed by atoms with E-state index in [0.29, 0.717) is 6.54 Å². The van der Waals surface area contributed by atoms with Crippen LogP contribution in [0.25, 0.3) is 5.73 Å².